The number of aromatic nitrogens is 2. The van der Waals surface area contributed by atoms with Crippen molar-refractivity contribution in [1.29, 1.82) is 0 Å². The molecule has 0 saturated carbocycles. The Balaban J connectivity index is 2.76. The van der Waals surface area contributed by atoms with E-state index in [1.807, 2.05) is 25.4 Å². The Bertz CT molecular complexity index is 450. The largest absolute Gasteiger partial charge is 0.322 e. The molecule has 1 aromatic carbocycles. The first-order valence-corrected chi connectivity index (χ1v) is 5.90. The predicted molar refractivity (Wildman–Crippen MR) is 60.2 cm³/mol. The fraction of sp³-hybridized carbons (Fsp3) is 0.222. The highest BCUT2D eigenvalue weighted by Gasteiger charge is 2.05. The van der Waals surface area contributed by atoms with Gasteiger partial charge >= 0.3 is 0 Å². The highest BCUT2D eigenvalue weighted by Crippen LogP contribution is 2.23. The van der Waals surface area contributed by atoms with Crippen LogP contribution in [0.4, 0.5) is 0 Å². The molecule has 1 aromatic heterocycles. The van der Waals surface area contributed by atoms with E-state index in [-0.39, 0.29) is 0 Å². The van der Waals surface area contributed by atoms with Gasteiger partial charge in [-0.25, -0.2) is 4.98 Å². The molecule has 13 heavy (non-hydrogen) atoms. The lowest BCUT2D eigenvalue weighted by Crippen LogP contribution is -1.88. The standard InChI is InChI=1S/C9H9BrN2S/c1-12-8-4-3-6(10)5-7(8)11-9(12)13-2/h3-5H,1-2H3. The van der Waals surface area contributed by atoms with Crippen molar-refractivity contribution in [3.63, 3.8) is 0 Å². The summed E-state index contributed by atoms with van der Waals surface area (Å²) < 4.78 is 3.18. The van der Waals surface area contributed by atoms with E-state index >= 15 is 0 Å². The summed E-state index contributed by atoms with van der Waals surface area (Å²) in [6, 6.07) is 6.15. The summed E-state index contributed by atoms with van der Waals surface area (Å²) in [6.07, 6.45) is 2.04. The van der Waals surface area contributed by atoms with E-state index < -0.39 is 0 Å². The third-order valence-corrected chi connectivity index (χ3v) is 3.21. The molecule has 4 heteroatoms. The molecule has 0 aliphatic heterocycles. The minimum absolute atomic E-state index is 1.04. The smallest absolute Gasteiger partial charge is 0.168 e. The number of hydrogen-bond donors (Lipinski definition) is 0. The molecule has 0 saturated heterocycles. The van der Waals surface area contributed by atoms with Gasteiger partial charge in [-0.3, -0.25) is 0 Å². The Morgan fingerprint density at radius 2 is 2.23 bits per heavy atom. The van der Waals surface area contributed by atoms with Crippen molar-refractivity contribution in [2.45, 2.75) is 5.16 Å². The summed E-state index contributed by atoms with van der Waals surface area (Å²) in [4.78, 5) is 4.49. The summed E-state index contributed by atoms with van der Waals surface area (Å²) in [5, 5.41) is 1.05. The van der Waals surface area contributed by atoms with Crippen molar-refractivity contribution in [1.82, 2.24) is 9.55 Å². The van der Waals surface area contributed by atoms with Crippen molar-refractivity contribution >= 4 is 38.7 Å². The Kier molecular flexibility index (Phi) is 2.34. The Labute approximate surface area is 89.5 Å². The van der Waals surface area contributed by atoms with E-state index in [2.05, 4.69) is 31.5 Å². The number of hydrogen-bond acceptors (Lipinski definition) is 2. The molecule has 2 nitrogen and oxygen atoms in total. The molecule has 2 aromatic rings. The molecule has 68 valence electrons. The van der Waals surface area contributed by atoms with Crippen LogP contribution in [-0.2, 0) is 7.05 Å². The summed E-state index contributed by atoms with van der Waals surface area (Å²) in [6.45, 7) is 0. The number of nitrogens with zero attached hydrogens (tertiary/aromatic N) is 2. The summed E-state index contributed by atoms with van der Waals surface area (Å²) in [5.41, 5.74) is 2.22. The molecule has 0 radical (unpaired) electrons. The highest BCUT2D eigenvalue weighted by atomic mass is 79.9. The summed E-state index contributed by atoms with van der Waals surface area (Å²) in [7, 11) is 2.04. The number of benzene rings is 1. The molecule has 0 aliphatic rings. The SMILES string of the molecule is CSc1nc2cc(Br)ccc2n1C. The average Bonchev–Trinajstić information content (AvgIpc) is 2.42. The molecule has 1 heterocycles. The second-order valence-corrected chi connectivity index (χ2v) is 4.48. The van der Waals surface area contributed by atoms with Crippen LogP contribution in [-0.4, -0.2) is 15.8 Å². The first kappa shape index (κ1) is 9.09. The van der Waals surface area contributed by atoms with Gasteiger partial charge in [0.1, 0.15) is 0 Å². The lowest BCUT2D eigenvalue weighted by molar-refractivity contribution is 0.817. The third kappa shape index (κ3) is 1.48. The number of thioether (sulfide) groups is 1. The first-order valence-electron chi connectivity index (χ1n) is 3.88. The molecular formula is C9H9BrN2S. The van der Waals surface area contributed by atoms with Gasteiger partial charge < -0.3 is 4.57 Å². The van der Waals surface area contributed by atoms with Crippen LogP contribution >= 0.6 is 27.7 Å². The fourth-order valence-corrected chi connectivity index (χ4v) is 2.24. The van der Waals surface area contributed by atoms with E-state index in [4.69, 9.17) is 0 Å². The first-order chi connectivity index (χ1) is 6.22. The molecule has 2 rings (SSSR count). The van der Waals surface area contributed by atoms with Crippen LogP contribution in [0.5, 0.6) is 0 Å². The molecule has 0 bridgehead atoms. The maximum atomic E-state index is 4.49. The maximum Gasteiger partial charge on any atom is 0.168 e. The topological polar surface area (TPSA) is 17.8 Å². The van der Waals surface area contributed by atoms with Crippen LogP contribution in [0.2, 0.25) is 0 Å². The molecule has 0 spiro atoms. The Morgan fingerprint density at radius 1 is 1.46 bits per heavy atom. The quantitative estimate of drug-likeness (QED) is 0.731. The van der Waals surface area contributed by atoms with E-state index in [9.17, 15) is 0 Å². The predicted octanol–water partition coefficient (Wildman–Crippen LogP) is 3.06. The number of fused-ring (bicyclic) bond motifs is 1. The van der Waals surface area contributed by atoms with Gasteiger partial charge in [0.25, 0.3) is 0 Å². The van der Waals surface area contributed by atoms with E-state index in [1.54, 1.807) is 11.8 Å². The third-order valence-electron chi connectivity index (χ3n) is 1.98. The Morgan fingerprint density at radius 3 is 2.92 bits per heavy atom. The van der Waals surface area contributed by atoms with Crippen LogP contribution < -0.4 is 0 Å². The van der Waals surface area contributed by atoms with Gasteiger partial charge in [0.2, 0.25) is 0 Å². The molecule has 0 atom stereocenters. The normalized spacial score (nSPS) is 11.0. The molecule has 0 N–H and O–H groups in total. The molecule has 0 amide bonds. The second kappa shape index (κ2) is 3.35. The van der Waals surface area contributed by atoms with Gasteiger partial charge in [0, 0.05) is 11.5 Å². The Hall–Kier alpha value is -0.480. The van der Waals surface area contributed by atoms with Crippen LogP contribution in [0.25, 0.3) is 11.0 Å². The zero-order chi connectivity index (χ0) is 9.42. The molecule has 0 unspecified atom stereocenters. The molecule has 0 aliphatic carbocycles. The maximum absolute atomic E-state index is 4.49. The number of imidazole rings is 1. The number of aryl methyl sites for hydroxylation is 1. The lowest BCUT2D eigenvalue weighted by Gasteiger charge is -1.96. The van der Waals surface area contributed by atoms with Crippen molar-refractivity contribution in [3.8, 4) is 0 Å². The van der Waals surface area contributed by atoms with Crippen molar-refractivity contribution in [2.75, 3.05) is 6.26 Å². The van der Waals surface area contributed by atoms with Crippen LogP contribution in [0.15, 0.2) is 27.8 Å². The number of halogens is 1. The minimum atomic E-state index is 1.04. The van der Waals surface area contributed by atoms with Gasteiger partial charge in [-0.2, -0.15) is 0 Å². The zero-order valence-corrected chi connectivity index (χ0v) is 9.82. The van der Waals surface area contributed by atoms with Crippen LogP contribution in [0.3, 0.4) is 0 Å². The zero-order valence-electron chi connectivity index (χ0n) is 7.41. The van der Waals surface area contributed by atoms with Crippen LogP contribution in [0.1, 0.15) is 0 Å². The van der Waals surface area contributed by atoms with Crippen molar-refractivity contribution in [3.05, 3.63) is 22.7 Å². The lowest BCUT2D eigenvalue weighted by atomic mass is 10.3. The monoisotopic (exact) mass is 256 g/mol. The van der Waals surface area contributed by atoms with E-state index in [0.717, 1.165) is 15.1 Å². The molecular weight excluding hydrogens is 248 g/mol. The van der Waals surface area contributed by atoms with Crippen LogP contribution in [0, 0.1) is 0 Å². The van der Waals surface area contributed by atoms with Crippen molar-refractivity contribution < 1.29 is 0 Å². The summed E-state index contributed by atoms with van der Waals surface area (Å²) in [5.74, 6) is 0. The van der Waals surface area contributed by atoms with Gasteiger partial charge in [-0.05, 0) is 24.5 Å². The molecule has 0 fully saturated rings. The van der Waals surface area contributed by atoms with Gasteiger partial charge in [0.05, 0.1) is 11.0 Å². The summed E-state index contributed by atoms with van der Waals surface area (Å²) >= 11 is 5.10. The minimum Gasteiger partial charge on any atom is -0.322 e. The van der Waals surface area contributed by atoms with Gasteiger partial charge in [-0.15, -0.1) is 0 Å². The highest BCUT2D eigenvalue weighted by molar-refractivity contribution is 9.10. The number of rotatable bonds is 1. The van der Waals surface area contributed by atoms with Gasteiger partial charge in [-0.1, -0.05) is 27.7 Å². The van der Waals surface area contributed by atoms with Crippen molar-refractivity contribution in [2.24, 2.45) is 7.05 Å². The van der Waals surface area contributed by atoms with E-state index in [0.29, 0.717) is 0 Å². The fourth-order valence-electron chi connectivity index (χ4n) is 1.33. The second-order valence-electron chi connectivity index (χ2n) is 2.79. The average molecular weight is 257 g/mol. The van der Waals surface area contributed by atoms with E-state index in [1.165, 1.54) is 5.52 Å². The van der Waals surface area contributed by atoms with Gasteiger partial charge in [0.15, 0.2) is 5.16 Å².